The smallest absolute Gasteiger partial charge is 0.312 e. The van der Waals surface area contributed by atoms with Crippen molar-refractivity contribution in [3.05, 3.63) is 52.6 Å². The van der Waals surface area contributed by atoms with E-state index < -0.39 is 0 Å². The van der Waals surface area contributed by atoms with E-state index in [4.69, 9.17) is 14.2 Å². The maximum Gasteiger partial charge on any atom is 0.312 e. The maximum absolute atomic E-state index is 12.3. The minimum absolute atomic E-state index is 0.0190. The number of benzene rings is 2. The summed E-state index contributed by atoms with van der Waals surface area (Å²) in [6, 6.07) is 10.1. The Labute approximate surface area is 141 Å². The summed E-state index contributed by atoms with van der Waals surface area (Å²) in [5.74, 6) is 2.33. The minimum Gasteiger partial charge on any atom is -0.454 e. The van der Waals surface area contributed by atoms with Crippen LogP contribution >= 0.6 is 0 Å². The summed E-state index contributed by atoms with van der Waals surface area (Å²) in [5.41, 5.74) is 4.39. The molecule has 0 aliphatic carbocycles. The molecule has 0 amide bonds. The molecular formula is C20H20O4. The van der Waals surface area contributed by atoms with Gasteiger partial charge in [0.2, 0.25) is 6.79 Å². The van der Waals surface area contributed by atoms with Crippen LogP contribution in [0.2, 0.25) is 0 Å². The third kappa shape index (κ3) is 2.33. The lowest BCUT2D eigenvalue weighted by Gasteiger charge is -2.29. The molecule has 0 saturated carbocycles. The highest BCUT2D eigenvalue weighted by Gasteiger charge is 2.33. The van der Waals surface area contributed by atoms with Gasteiger partial charge in [-0.3, -0.25) is 4.79 Å². The van der Waals surface area contributed by atoms with Crippen LogP contribution in [0, 0.1) is 6.92 Å². The van der Waals surface area contributed by atoms with Crippen LogP contribution in [0.4, 0.5) is 0 Å². The molecule has 0 saturated heterocycles. The van der Waals surface area contributed by atoms with Gasteiger partial charge in [0.1, 0.15) is 5.75 Å². The fourth-order valence-electron chi connectivity index (χ4n) is 3.56. The van der Waals surface area contributed by atoms with Crippen molar-refractivity contribution in [2.75, 3.05) is 6.79 Å². The van der Waals surface area contributed by atoms with Crippen molar-refractivity contribution in [3.8, 4) is 17.2 Å². The van der Waals surface area contributed by atoms with E-state index in [0.29, 0.717) is 12.3 Å². The molecule has 0 N–H and O–H groups in total. The molecule has 0 unspecified atom stereocenters. The number of fused-ring (bicyclic) bond motifs is 2. The third-order valence-electron chi connectivity index (χ3n) is 4.80. The zero-order valence-corrected chi connectivity index (χ0v) is 14.1. The van der Waals surface area contributed by atoms with Gasteiger partial charge in [-0.25, -0.2) is 0 Å². The first-order valence-corrected chi connectivity index (χ1v) is 8.28. The van der Waals surface area contributed by atoms with E-state index in [1.54, 1.807) is 0 Å². The highest BCUT2D eigenvalue weighted by atomic mass is 16.7. The molecule has 2 aromatic rings. The lowest BCUT2D eigenvalue weighted by molar-refractivity contribution is -0.135. The standard InChI is InChI=1S/C20H20O4/c1-11(2)14-6-4-12(3)19-15(9-18(21)24-20(14)19)13-5-7-16-17(8-13)23-10-22-16/h4-8,11,15H,9-10H2,1-3H3/t15-/m0/s1. The largest absolute Gasteiger partial charge is 0.454 e. The fourth-order valence-corrected chi connectivity index (χ4v) is 3.56. The molecule has 0 aromatic heterocycles. The predicted molar refractivity (Wildman–Crippen MR) is 89.9 cm³/mol. The number of carbonyl (C=O) groups excluding carboxylic acids is 1. The Bertz CT molecular complexity index is 823. The molecule has 4 rings (SSSR count). The topological polar surface area (TPSA) is 44.8 Å². The van der Waals surface area contributed by atoms with E-state index in [1.807, 2.05) is 18.2 Å². The van der Waals surface area contributed by atoms with E-state index in [9.17, 15) is 4.79 Å². The van der Waals surface area contributed by atoms with Gasteiger partial charge in [0.05, 0.1) is 6.42 Å². The number of rotatable bonds is 2. The van der Waals surface area contributed by atoms with E-state index in [0.717, 1.165) is 39.5 Å². The number of hydrogen-bond donors (Lipinski definition) is 0. The third-order valence-corrected chi connectivity index (χ3v) is 4.80. The number of esters is 1. The fraction of sp³-hybridized carbons (Fsp3) is 0.350. The predicted octanol–water partition coefficient (Wildman–Crippen LogP) is 4.29. The van der Waals surface area contributed by atoms with Gasteiger partial charge in [-0.2, -0.15) is 0 Å². The van der Waals surface area contributed by atoms with Crippen LogP contribution in [0.25, 0.3) is 0 Å². The molecule has 0 fully saturated rings. The average Bonchev–Trinajstić information content (AvgIpc) is 3.01. The number of carbonyl (C=O) groups is 1. The van der Waals surface area contributed by atoms with Crippen molar-refractivity contribution in [2.45, 2.75) is 39.0 Å². The van der Waals surface area contributed by atoms with Gasteiger partial charge >= 0.3 is 5.97 Å². The van der Waals surface area contributed by atoms with Crippen LogP contribution in [0.3, 0.4) is 0 Å². The van der Waals surface area contributed by atoms with Crippen LogP contribution < -0.4 is 14.2 Å². The second-order valence-electron chi connectivity index (χ2n) is 6.71. The van der Waals surface area contributed by atoms with Crippen LogP contribution in [-0.4, -0.2) is 12.8 Å². The SMILES string of the molecule is Cc1ccc(C(C)C)c2c1[C@H](c1ccc3c(c1)OCO3)CC(=O)O2. The molecule has 0 radical (unpaired) electrons. The first-order chi connectivity index (χ1) is 11.5. The van der Waals surface area contributed by atoms with Gasteiger partial charge in [0.15, 0.2) is 11.5 Å². The Balaban J connectivity index is 1.87. The molecule has 0 bridgehead atoms. The van der Waals surface area contributed by atoms with Crippen LogP contribution in [0.1, 0.15) is 54.4 Å². The Morgan fingerprint density at radius 2 is 1.88 bits per heavy atom. The van der Waals surface area contributed by atoms with Gasteiger partial charge in [-0.1, -0.05) is 32.0 Å². The Kier molecular flexibility index (Phi) is 3.48. The highest BCUT2D eigenvalue weighted by Crippen LogP contribution is 2.46. The maximum atomic E-state index is 12.3. The van der Waals surface area contributed by atoms with E-state index in [-0.39, 0.29) is 18.7 Å². The lowest BCUT2D eigenvalue weighted by atomic mass is 9.81. The van der Waals surface area contributed by atoms with Gasteiger partial charge in [0, 0.05) is 11.5 Å². The molecule has 2 heterocycles. The van der Waals surface area contributed by atoms with Crippen molar-refractivity contribution in [2.24, 2.45) is 0 Å². The summed E-state index contributed by atoms with van der Waals surface area (Å²) < 4.78 is 16.5. The Morgan fingerprint density at radius 3 is 2.67 bits per heavy atom. The molecule has 1 atom stereocenters. The molecule has 24 heavy (non-hydrogen) atoms. The van der Waals surface area contributed by atoms with Crippen LogP contribution in [0.5, 0.6) is 17.2 Å². The molecule has 4 heteroatoms. The molecule has 2 aliphatic rings. The van der Waals surface area contributed by atoms with Gasteiger partial charge in [-0.05, 0) is 41.7 Å². The zero-order valence-electron chi connectivity index (χ0n) is 14.1. The Morgan fingerprint density at radius 1 is 1.08 bits per heavy atom. The van der Waals surface area contributed by atoms with Crippen molar-refractivity contribution in [3.63, 3.8) is 0 Å². The summed E-state index contributed by atoms with van der Waals surface area (Å²) in [5, 5.41) is 0. The quantitative estimate of drug-likeness (QED) is 0.611. The second-order valence-corrected chi connectivity index (χ2v) is 6.71. The van der Waals surface area contributed by atoms with Crippen molar-refractivity contribution >= 4 is 5.97 Å². The van der Waals surface area contributed by atoms with Crippen LogP contribution in [-0.2, 0) is 4.79 Å². The summed E-state index contributed by atoms with van der Waals surface area (Å²) in [7, 11) is 0. The van der Waals surface area contributed by atoms with Crippen molar-refractivity contribution < 1.29 is 19.0 Å². The summed E-state index contributed by atoms with van der Waals surface area (Å²) in [4.78, 5) is 12.3. The number of hydrogen-bond acceptors (Lipinski definition) is 4. The first kappa shape index (κ1) is 15.1. The summed E-state index contributed by atoms with van der Waals surface area (Å²) >= 11 is 0. The summed E-state index contributed by atoms with van der Waals surface area (Å²) in [6.07, 6.45) is 0.342. The monoisotopic (exact) mass is 324 g/mol. The average molecular weight is 324 g/mol. The number of aryl methyl sites for hydroxylation is 1. The molecule has 4 nitrogen and oxygen atoms in total. The lowest BCUT2D eigenvalue weighted by Crippen LogP contribution is -2.23. The van der Waals surface area contributed by atoms with E-state index in [1.165, 1.54) is 0 Å². The first-order valence-electron chi connectivity index (χ1n) is 8.28. The summed E-state index contributed by atoms with van der Waals surface area (Å²) in [6.45, 7) is 6.55. The van der Waals surface area contributed by atoms with Crippen molar-refractivity contribution in [1.29, 1.82) is 0 Å². The number of ether oxygens (including phenoxy) is 3. The molecular weight excluding hydrogens is 304 g/mol. The highest BCUT2D eigenvalue weighted by molar-refractivity contribution is 5.79. The second kappa shape index (κ2) is 5.55. The molecule has 0 spiro atoms. The van der Waals surface area contributed by atoms with Gasteiger partial charge < -0.3 is 14.2 Å². The van der Waals surface area contributed by atoms with Gasteiger partial charge in [0.25, 0.3) is 0 Å². The zero-order chi connectivity index (χ0) is 16.8. The minimum atomic E-state index is -0.183. The van der Waals surface area contributed by atoms with Crippen LogP contribution in [0.15, 0.2) is 30.3 Å². The Hall–Kier alpha value is -2.49. The van der Waals surface area contributed by atoms with E-state index >= 15 is 0 Å². The van der Waals surface area contributed by atoms with Gasteiger partial charge in [-0.15, -0.1) is 0 Å². The molecule has 124 valence electrons. The van der Waals surface area contributed by atoms with E-state index in [2.05, 4.69) is 32.9 Å². The molecule has 2 aromatic carbocycles. The normalized spacial score (nSPS) is 18.5. The van der Waals surface area contributed by atoms with Crippen molar-refractivity contribution in [1.82, 2.24) is 0 Å². The molecule has 2 aliphatic heterocycles.